The summed E-state index contributed by atoms with van der Waals surface area (Å²) in [7, 11) is -0.907. The fraction of sp³-hybridized carbons (Fsp3) is 0.400. The third kappa shape index (κ3) is 3.57. The van der Waals surface area contributed by atoms with E-state index in [4.69, 9.17) is 4.43 Å². The van der Waals surface area contributed by atoms with Crippen molar-refractivity contribution in [3.05, 3.63) is 42.0 Å². The molecule has 0 bridgehead atoms. The van der Waals surface area contributed by atoms with Crippen LogP contribution >= 0.6 is 0 Å². The molecule has 0 saturated heterocycles. The lowest BCUT2D eigenvalue weighted by atomic mass is 9.99. The minimum Gasteiger partial charge on any atom is -0.521 e. The van der Waals surface area contributed by atoms with Gasteiger partial charge in [0.05, 0.1) is 5.56 Å². The third-order valence-electron chi connectivity index (χ3n) is 3.54. The number of hydrogen-bond acceptors (Lipinski definition) is 2. The van der Waals surface area contributed by atoms with Crippen LogP contribution in [0.1, 0.15) is 43.6 Å². The molecule has 0 aromatic heterocycles. The van der Waals surface area contributed by atoms with E-state index in [9.17, 15) is 4.79 Å². The molecule has 0 aliphatic heterocycles. The Kier molecular flexibility index (Phi) is 4.90. The van der Waals surface area contributed by atoms with Gasteiger partial charge in [-0.2, -0.15) is 0 Å². The first kappa shape index (κ1) is 14.7. The minimum atomic E-state index is -0.907. The van der Waals surface area contributed by atoms with Crippen molar-refractivity contribution in [2.24, 2.45) is 5.92 Å². The van der Waals surface area contributed by atoms with Crippen molar-refractivity contribution < 1.29 is 9.22 Å². The van der Waals surface area contributed by atoms with Gasteiger partial charge < -0.3 is 4.43 Å². The molecule has 98 valence electrons. The van der Waals surface area contributed by atoms with Gasteiger partial charge in [0.2, 0.25) is 9.76 Å². The molecule has 18 heavy (non-hydrogen) atoms. The van der Waals surface area contributed by atoms with Crippen LogP contribution in [0.2, 0.25) is 5.04 Å². The second kappa shape index (κ2) is 6.00. The van der Waals surface area contributed by atoms with E-state index < -0.39 is 9.76 Å². The molecule has 1 aromatic carbocycles. The highest BCUT2D eigenvalue weighted by molar-refractivity contribution is 6.35. The largest absolute Gasteiger partial charge is 0.521 e. The molecule has 0 fully saturated rings. The maximum absolute atomic E-state index is 12.1. The van der Waals surface area contributed by atoms with Crippen molar-refractivity contribution >= 4 is 21.8 Å². The monoisotopic (exact) mass is 262 g/mol. The second-order valence-electron chi connectivity index (χ2n) is 5.51. The average molecular weight is 262 g/mol. The lowest BCUT2D eigenvalue weighted by Gasteiger charge is -2.27. The van der Waals surface area contributed by atoms with E-state index in [1.54, 1.807) is 12.1 Å². The van der Waals surface area contributed by atoms with Gasteiger partial charge in [0.1, 0.15) is 0 Å². The molecule has 0 aliphatic carbocycles. The van der Waals surface area contributed by atoms with Crippen molar-refractivity contribution in [3.8, 4) is 0 Å². The number of hydrogen-bond donors (Lipinski definition) is 0. The van der Waals surface area contributed by atoms with Gasteiger partial charge in [-0.3, -0.25) is 0 Å². The van der Waals surface area contributed by atoms with Gasteiger partial charge in [0, 0.05) is 0 Å². The van der Waals surface area contributed by atoms with E-state index in [0.29, 0.717) is 11.5 Å². The van der Waals surface area contributed by atoms with Gasteiger partial charge in [-0.15, -0.1) is 0 Å². The van der Waals surface area contributed by atoms with Crippen LogP contribution in [-0.4, -0.2) is 15.7 Å². The summed E-state index contributed by atoms with van der Waals surface area (Å²) in [6.45, 7) is 12.4. The van der Waals surface area contributed by atoms with Crippen molar-refractivity contribution in [1.29, 1.82) is 0 Å². The molecule has 3 heteroatoms. The van der Waals surface area contributed by atoms with E-state index in [2.05, 4.69) is 34.3 Å². The Morgan fingerprint density at radius 2 is 2.00 bits per heavy atom. The van der Waals surface area contributed by atoms with Crippen LogP contribution in [0.5, 0.6) is 0 Å². The Balaban J connectivity index is 2.75. The maximum Gasteiger partial charge on any atom is 0.325 e. The van der Waals surface area contributed by atoms with Crippen LogP contribution in [0.3, 0.4) is 0 Å². The molecule has 1 rings (SSSR count). The van der Waals surface area contributed by atoms with Crippen LogP contribution in [-0.2, 0) is 4.43 Å². The van der Waals surface area contributed by atoms with E-state index >= 15 is 0 Å². The fourth-order valence-corrected chi connectivity index (χ4v) is 2.35. The Morgan fingerprint density at radius 1 is 1.39 bits per heavy atom. The summed E-state index contributed by atoms with van der Waals surface area (Å²) >= 11 is 0. The van der Waals surface area contributed by atoms with Gasteiger partial charge >= 0.3 is 5.97 Å². The summed E-state index contributed by atoms with van der Waals surface area (Å²) in [6, 6.07) is 7.40. The zero-order valence-corrected chi connectivity index (χ0v) is 13.1. The highest BCUT2D eigenvalue weighted by Crippen LogP contribution is 2.32. The van der Waals surface area contributed by atoms with E-state index in [1.807, 2.05) is 18.2 Å². The molecule has 0 spiro atoms. The van der Waals surface area contributed by atoms with Gasteiger partial charge in [-0.1, -0.05) is 58.5 Å². The maximum atomic E-state index is 12.1. The average Bonchev–Trinajstić information content (AvgIpc) is 2.35. The van der Waals surface area contributed by atoms with Crippen molar-refractivity contribution in [1.82, 2.24) is 0 Å². The smallest absolute Gasteiger partial charge is 0.325 e. The van der Waals surface area contributed by atoms with E-state index in [0.717, 1.165) is 5.56 Å². The first-order chi connectivity index (χ1) is 8.38. The normalized spacial score (nSPS) is 12.1. The SMILES string of the molecule is C=Cc1ccccc1C(=O)O[SiH2]C(C)(C)C(C)C. The lowest BCUT2D eigenvalue weighted by molar-refractivity contribution is 0.0731. The summed E-state index contributed by atoms with van der Waals surface area (Å²) in [5.74, 6) is 0.303. The molecular formula is C15H22O2Si. The highest BCUT2D eigenvalue weighted by Gasteiger charge is 2.26. The number of carbonyl (C=O) groups excluding carboxylic acids is 1. The zero-order chi connectivity index (χ0) is 13.8. The molecule has 0 unspecified atom stereocenters. The summed E-state index contributed by atoms with van der Waals surface area (Å²) in [6.07, 6.45) is 1.69. The van der Waals surface area contributed by atoms with Crippen molar-refractivity contribution in [2.45, 2.75) is 32.7 Å². The summed E-state index contributed by atoms with van der Waals surface area (Å²) < 4.78 is 5.55. The zero-order valence-electron chi connectivity index (χ0n) is 11.7. The predicted octanol–water partition coefficient (Wildman–Crippen LogP) is 3.42. The van der Waals surface area contributed by atoms with Crippen molar-refractivity contribution in [3.63, 3.8) is 0 Å². The lowest BCUT2D eigenvalue weighted by Crippen LogP contribution is -2.24. The molecule has 0 aliphatic rings. The Morgan fingerprint density at radius 3 is 2.56 bits per heavy atom. The molecular weight excluding hydrogens is 240 g/mol. The van der Waals surface area contributed by atoms with Crippen LogP contribution in [0.25, 0.3) is 6.08 Å². The summed E-state index contributed by atoms with van der Waals surface area (Å²) in [5.41, 5.74) is 1.44. The Hall–Kier alpha value is -1.35. The Bertz CT molecular complexity index is 436. The predicted molar refractivity (Wildman–Crippen MR) is 79.4 cm³/mol. The van der Waals surface area contributed by atoms with Gasteiger partial charge in [-0.25, -0.2) is 4.79 Å². The van der Waals surface area contributed by atoms with E-state index in [-0.39, 0.29) is 11.0 Å². The van der Waals surface area contributed by atoms with Gasteiger partial charge in [0.25, 0.3) is 0 Å². The molecule has 0 atom stereocenters. The van der Waals surface area contributed by atoms with Gasteiger partial charge in [0.15, 0.2) is 0 Å². The number of benzene rings is 1. The summed E-state index contributed by atoms with van der Waals surface area (Å²) in [4.78, 5) is 12.1. The van der Waals surface area contributed by atoms with E-state index in [1.165, 1.54) is 0 Å². The third-order valence-corrected chi connectivity index (χ3v) is 5.51. The van der Waals surface area contributed by atoms with Crippen LogP contribution in [0, 0.1) is 5.92 Å². The first-order valence-electron chi connectivity index (χ1n) is 6.27. The van der Waals surface area contributed by atoms with Crippen LogP contribution in [0.15, 0.2) is 30.8 Å². The molecule has 0 radical (unpaired) electrons. The minimum absolute atomic E-state index is 0.124. The molecule has 0 N–H and O–H groups in total. The first-order valence-corrected chi connectivity index (χ1v) is 7.55. The molecule has 2 nitrogen and oxygen atoms in total. The second-order valence-corrected chi connectivity index (χ2v) is 7.91. The molecule has 0 saturated carbocycles. The molecule has 0 heterocycles. The standard InChI is InChI=1S/C15H22O2Si/c1-6-12-9-7-8-10-13(12)14(16)17-18-15(4,5)11(2)3/h6-11H,1,18H2,2-5H3. The summed E-state index contributed by atoms with van der Waals surface area (Å²) in [5, 5.41) is 0.124. The highest BCUT2D eigenvalue weighted by atomic mass is 28.2. The topological polar surface area (TPSA) is 26.3 Å². The van der Waals surface area contributed by atoms with Crippen LogP contribution < -0.4 is 0 Å². The van der Waals surface area contributed by atoms with Crippen LogP contribution in [0.4, 0.5) is 0 Å². The van der Waals surface area contributed by atoms with Gasteiger partial charge in [-0.05, 0) is 22.6 Å². The quantitative estimate of drug-likeness (QED) is 0.760. The molecule has 0 amide bonds. The van der Waals surface area contributed by atoms with Crippen molar-refractivity contribution in [2.75, 3.05) is 0 Å². The fourth-order valence-electron chi connectivity index (χ4n) is 1.36. The number of carbonyl (C=O) groups is 1. The number of rotatable bonds is 5. The molecule has 1 aromatic rings. The Labute approximate surface area is 112 Å².